The Morgan fingerprint density at radius 3 is 1.44 bits per heavy atom. The molecule has 4 nitrogen and oxygen atoms in total. The van der Waals surface area contributed by atoms with Gasteiger partial charge in [0.15, 0.2) is 0 Å². The lowest BCUT2D eigenvalue weighted by molar-refractivity contribution is 0.0739. The van der Waals surface area contributed by atoms with Crippen molar-refractivity contribution in [3.63, 3.8) is 0 Å². The lowest BCUT2D eigenvalue weighted by Gasteiger charge is -2.48. The minimum absolute atomic E-state index is 0.225. The van der Waals surface area contributed by atoms with Crippen LogP contribution < -0.4 is 0 Å². The van der Waals surface area contributed by atoms with Gasteiger partial charge in [0.25, 0.3) is 0 Å². The standard InChI is InChI=1S/C12H22N2O2/c1-13(15)11-5-3-10-8-12(14(2)16)6-4-9(10)7-11/h9-12H,3-8H2,1-2H3/q-2. The fraction of sp³-hybridized carbons (Fsp3) is 1.00. The third-order valence-electron chi connectivity index (χ3n) is 4.59. The fourth-order valence-corrected chi connectivity index (χ4v) is 3.50. The molecule has 0 aromatic carbocycles. The van der Waals surface area contributed by atoms with Gasteiger partial charge in [-0.15, -0.1) is 0 Å². The van der Waals surface area contributed by atoms with Crippen LogP contribution in [0.15, 0.2) is 0 Å². The smallest absolute Gasteiger partial charge is 0.00253 e. The van der Waals surface area contributed by atoms with Crippen LogP contribution in [0.4, 0.5) is 0 Å². The Morgan fingerprint density at radius 2 is 1.12 bits per heavy atom. The third-order valence-corrected chi connectivity index (χ3v) is 4.59. The molecule has 0 saturated heterocycles. The van der Waals surface area contributed by atoms with Crippen molar-refractivity contribution in [2.24, 2.45) is 11.8 Å². The molecule has 94 valence electrons. The second kappa shape index (κ2) is 5.00. The fourth-order valence-electron chi connectivity index (χ4n) is 3.50. The highest BCUT2D eigenvalue weighted by molar-refractivity contribution is 4.91. The van der Waals surface area contributed by atoms with Crippen LogP contribution in [0, 0.1) is 22.3 Å². The van der Waals surface area contributed by atoms with Crippen molar-refractivity contribution in [3.05, 3.63) is 10.4 Å². The van der Waals surface area contributed by atoms with Gasteiger partial charge in [-0.25, -0.2) is 0 Å². The Bertz CT molecular complexity index is 209. The highest BCUT2D eigenvalue weighted by Gasteiger charge is 2.35. The Labute approximate surface area is 97.8 Å². The van der Waals surface area contributed by atoms with E-state index in [2.05, 4.69) is 0 Å². The molecule has 0 spiro atoms. The normalized spacial score (nSPS) is 40.1. The van der Waals surface area contributed by atoms with E-state index in [1.54, 1.807) is 14.1 Å². The highest BCUT2D eigenvalue weighted by Crippen LogP contribution is 2.42. The molecule has 2 fully saturated rings. The topological polar surface area (TPSA) is 52.6 Å². The summed E-state index contributed by atoms with van der Waals surface area (Å²) in [5.74, 6) is 1.37. The van der Waals surface area contributed by atoms with Crippen molar-refractivity contribution < 1.29 is 0 Å². The van der Waals surface area contributed by atoms with Crippen LogP contribution in [0.2, 0.25) is 0 Å². The van der Waals surface area contributed by atoms with Gasteiger partial charge in [-0.2, -0.15) is 0 Å². The first-order chi connectivity index (χ1) is 7.58. The van der Waals surface area contributed by atoms with Gasteiger partial charge in [-0.3, -0.25) is 0 Å². The molecule has 0 aromatic rings. The molecule has 0 N–H and O–H groups in total. The van der Waals surface area contributed by atoms with Crippen molar-refractivity contribution in [1.29, 1.82) is 0 Å². The first kappa shape index (κ1) is 12.3. The molecule has 4 atom stereocenters. The molecular formula is C12H22N2O2-2. The van der Waals surface area contributed by atoms with E-state index in [0.29, 0.717) is 11.8 Å². The summed E-state index contributed by atoms with van der Waals surface area (Å²) in [5, 5.41) is 24.9. The maximum absolute atomic E-state index is 11.3. The van der Waals surface area contributed by atoms with Crippen molar-refractivity contribution in [3.8, 4) is 0 Å². The number of rotatable bonds is 2. The number of fused-ring (bicyclic) bond motifs is 1. The molecule has 0 aliphatic heterocycles. The van der Waals surface area contributed by atoms with E-state index < -0.39 is 0 Å². The van der Waals surface area contributed by atoms with Gasteiger partial charge in [0.05, 0.1) is 0 Å². The summed E-state index contributed by atoms with van der Waals surface area (Å²) in [6.07, 6.45) is 6.37. The van der Waals surface area contributed by atoms with Crippen molar-refractivity contribution in [2.45, 2.75) is 50.6 Å². The molecule has 0 heterocycles. The molecule has 4 unspecified atom stereocenters. The van der Waals surface area contributed by atoms with Crippen LogP contribution >= 0.6 is 0 Å². The van der Waals surface area contributed by atoms with E-state index in [-0.39, 0.29) is 12.1 Å². The summed E-state index contributed by atoms with van der Waals surface area (Å²) in [4.78, 5) is 0. The van der Waals surface area contributed by atoms with Gasteiger partial charge in [0, 0.05) is 0 Å². The van der Waals surface area contributed by atoms with E-state index in [9.17, 15) is 10.4 Å². The maximum Gasteiger partial charge on any atom is -0.00253 e. The van der Waals surface area contributed by atoms with E-state index in [4.69, 9.17) is 0 Å². The van der Waals surface area contributed by atoms with E-state index in [1.807, 2.05) is 0 Å². The summed E-state index contributed by atoms with van der Waals surface area (Å²) in [7, 11) is 3.28. The second-order valence-electron chi connectivity index (χ2n) is 5.55. The maximum atomic E-state index is 11.3. The summed E-state index contributed by atoms with van der Waals surface area (Å²) >= 11 is 0. The largest absolute Gasteiger partial charge is 0.785 e. The van der Waals surface area contributed by atoms with Gasteiger partial charge in [-0.1, -0.05) is 0 Å². The third kappa shape index (κ3) is 2.56. The minimum atomic E-state index is 0.225. The predicted molar refractivity (Wildman–Crippen MR) is 64.5 cm³/mol. The Hall–Kier alpha value is -0.160. The first-order valence-corrected chi connectivity index (χ1v) is 6.38. The zero-order valence-electron chi connectivity index (χ0n) is 10.3. The average Bonchev–Trinajstić information content (AvgIpc) is 2.27. The molecule has 0 aromatic heterocycles. The SMILES string of the molecule is CN([O-])C1CCC2CC(N(C)[O-])CCC2C1. The Balaban J connectivity index is 1.90. The summed E-state index contributed by atoms with van der Waals surface area (Å²) in [6.45, 7) is 0. The zero-order valence-corrected chi connectivity index (χ0v) is 10.3. The lowest BCUT2D eigenvalue weighted by Crippen LogP contribution is -2.42. The molecule has 2 rings (SSSR count). The first-order valence-electron chi connectivity index (χ1n) is 6.38. The summed E-state index contributed by atoms with van der Waals surface area (Å²) in [5.41, 5.74) is 0. The van der Waals surface area contributed by atoms with Gasteiger partial charge >= 0.3 is 0 Å². The molecule has 0 radical (unpaired) electrons. The Morgan fingerprint density at radius 1 is 0.750 bits per heavy atom. The van der Waals surface area contributed by atoms with Crippen LogP contribution in [0.1, 0.15) is 38.5 Å². The second-order valence-corrected chi connectivity index (χ2v) is 5.55. The number of hydrogen-bond donors (Lipinski definition) is 0. The van der Waals surface area contributed by atoms with Crippen molar-refractivity contribution in [2.75, 3.05) is 14.1 Å². The molecule has 2 aliphatic rings. The predicted octanol–water partition coefficient (Wildman–Crippen LogP) is 2.18. The minimum Gasteiger partial charge on any atom is -0.785 e. The monoisotopic (exact) mass is 226 g/mol. The van der Waals surface area contributed by atoms with Crippen LogP contribution in [0.25, 0.3) is 0 Å². The van der Waals surface area contributed by atoms with E-state index >= 15 is 0 Å². The molecule has 16 heavy (non-hydrogen) atoms. The van der Waals surface area contributed by atoms with Crippen LogP contribution in [0.5, 0.6) is 0 Å². The molecule has 2 saturated carbocycles. The van der Waals surface area contributed by atoms with Crippen LogP contribution in [0.3, 0.4) is 0 Å². The highest BCUT2D eigenvalue weighted by atomic mass is 16.5. The van der Waals surface area contributed by atoms with Crippen molar-refractivity contribution >= 4 is 0 Å². The molecule has 0 amide bonds. The van der Waals surface area contributed by atoms with Gasteiger partial charge in [0.1, 0.15) is 0 Å². The number of nitrogens with zero attached hydrogens (tertiary/aromatic N) is 2. The van der Waals surface area contributed by atoms with Gasteiger partial charge < -0.3 is 20.5 Å². The van der Waals surface area contributed by atoms with Crippen LogP contribution in [-0.2, 0) is 0 Å². The molecular weight excluding hydrogens is 204 g/mol. The lowest BCUT2D eigenvalue weighted by atomic mass is 9.68. The zero-order chi connectivity index (χ0) is 11.7. The van der Waals surface area contributed by atoms with Gasteiger partial charge in [-0.05, 0) is 76.5 Å². The molecule has 4 heteroatoms. The molecule has 0 bridgehead atoms. The summed E-state index contributed by atoms with van der Waals surface area (Å²) < 4.78 is 0. The van der Waals surface area contributed by atoms with E-state index in [1.165, 1.54) is 0 Å². The molecule has 2 aliphatic carbocycles. The quantitative estimate of drug-likeness (QED) is 0.677. The van der Waals surface area contributed by atoms with Crippen molar-refractivity contribution in [1.82, 2.24) is 10.1 Å². The average molecular weight is 226 g/mol. The number of hydrogen-bond acceptors (Lipinski definition) is 4. The number of hydroxylamine groups is 4. The van der Waals surface area contributed by atoms with E-state index in [0.717, 1.165) is 48.7 Å². The summed E-state index contributed by atoms with van der Waals surface area (Å²) in [6, 6.07) is 0.450. The van der Waals surface area contributed by atoms with Gasteiger partial charge in [0.2, 0.25) is 0 Å². The van der Waals surface area contributed by atoms with Crippen LogP contribution in [-0.4, -0.2) is 36.3 Å². The Kier molecular flexibility index (Phi) is 3.85.